The van der Waals surface area contributed by atoms with E-state index in [1.807, 2.05) is 0 Å². The summed E-state index contributed by atoms with van der Waals surface area (Å²) in [5.41, 5.74) is 0.412. The second kappa shape index (κ2) is 8.48. The second-order valence-corrected chi connectivity index (χ2v) is 6.99. The van der Waals surface area contributed by atoms with Gasteiger partial charge in [-0.05, 0) is 38.1 Å². The van der Waals surface area contributed by atoms with Crippen molar-refractivity contribution in [2.24, 2.45) is 0 Å². The molecule has 2 aromatic rings. The molecule has 0 saturated heterocycles. The van der Waals surface area contributed by atoms with Gasteiger partial charge in [-0.3, -0.25) is 14.3 Å². The van der Waals surface area contributed by atoms with Crippen molar-refractivity contribution in [1.29, 1.82) is 0 Å². The number of aryl methyl sites for hydroxylation is 1. The molecule has 0 unspecified atom stereocenters. The van der Waals surface area contributed by atoms with Crippen molar-refractivity contribution in [1.82, 2.24) is 5.16 Å². The van der Waals surface area contributed by atoms with E-state index in [0.717, 1.165) is 0 Å². The number of sulfonamides is 1. The molecule has 1 aromatic carbocycles. The molecule has 0 fully saturated rings. The van der Waals surface area contributed by atoms with Gasteiger partial charge in [0.25, 0.3) is 10.0 Å². The molecule has 26 heavy (non-hydrogen) atoms. The van der Waals surface area contributed by atoms with Gasteiger partial charge in [0.2, 0.25) is 5.91 Å². The number of nitrogens with zero attached hydrogens (tertiary/aromatic N) is 1. The largest absolute Gasteiger partial charge is 0.466 e. The monoisotopic (exact) mass is 381 g/mol. The van der Waals surface area contributed by atoms with Gasteiger partial charge >= 0.3 is 5.97 Å². The number of benzene rings is 1. The number of rotatable bonds is 8. The molecule has 0 bridgehead atoms. The van der Waals surface area contributed by atoms with Crippen LogP contribution in [0.4, 0.5) is 11.5 Å². The van der Waals surface area contributed by atoms with E-state index in [0.29, 0.717) is 11.4 Å². The molecule has 0 atom stereocenters. The summed E-state index contributed by atoms with van der Waals surface area (Å²) in [6, 6.07) is 7.04. The topological polar surface area (TPSA) is 128 Å². The molecule has 2 N–H and O–H groups in total. The first-order chi connectivity index (χ1) is 12.3. The third kappa shape index (κ3) is 5.59. The summed E-state index contributed by atoms with van der Waals surface area (Å²) in [4.78, 5) is 23.0. The molecule has 1 heterocycles. The van der Waals surface area contributed by atoms with Crippen LogP contribution in [0.15, 0.2) is 39.8 Å². The van der Waals surface area contributed by atoms with Crippen LogP contribution in [0.1, 0.15) is 25.5 Å². The minimum Gasteiger partial charge on any atom is -0.466 e. The lowest BCUT2D eigenvalue weighted by Gasteiger charge is -2.08. The second-order valence-electron chi connectivity index (χ2n) is 5.31. The van der Waals surface area contributed by atoms with Crippen molar-refractivity contribution < 1.29 is 27.3 Å². The molecular weight excluding hydrogens is 362 g/mol. The maximum atomic E-state index is 12.3. The highest BCUT2D eigenvalue weighted by Gasteiger charge is 2.16. The van der Waals surface area contributed by atoms with Crippen molar-refractivity contribution >= 4 is 33.4 Å². The van der Waals surface area contributed by atoms with E-state index in [-0.39, 0.29) is 36.1 Å². The van der Waals surface area contributed by atoms with Gasteiger partial charge in [-0.1, -0.05) is 5.16 Å². The Morgan fingerprint density at radius 1 is 1.19 bits per heavy atom. The summed E-state index contributed by atoms with van der Waals surface area (Å²) < 4.78 is 36.3. The van der Waals surface area contributed by atoms with Gasteiger partial charge < -0.3 is 14.6 Å². The number of amides is 1. The molecule has 10 heteroatoms. The Morgan fingerprint density at radius 3 is 2.46 bits per heavy atom. The van der Waals surface area contributed by atoms with E-state index in [4.69, 9.17) is 9.26 Å². The molecular formula is C16H19N3O6S. The van der Waals surface area contributed by atoms with E-state index in [2.05, 4.69) is 15.2 Å². The number of aromatic nitrogens is 1. The maximum absolute atomic E-state index is 12.3. The summed E-state index contributed by atoms with van der Waals surface area (Å²) in [5, 5.41) is 6.15. The standard InChI is InChI=1S/C16H19N3O6S/c1-3-24-16(21)9-8-15(20)17-12-4-6-13(7-5-12)26(22,23)19-14-10-11(2)25-18-14/h4-7,10H,3,8-9H2,1-2H3,(H,17,20)(H,18,19). The van der Waals surface area contributed by atoms with Crippen molar-refractivity contribution in [2.75, 3.05) is 16.6 Å². The first-order valence-corrected chi connectivity index (χ1v) is 9.30. The number of carbonyl (C=O) groups is 2. The number of hydrogen-bond donors (Lipinski definition) is 2. The molecule has 0 aliphatic carbocycles. The summed E-state index contributed by atoms with van der Waals surface area (Å²) >= 11 is 0. The van der Waals surface area contributed by atoms with Gasteiger partial charge in [0, 0.05) is 18.2 Å². The third-order valence-corrected chi connectivity index (χ3v) is 4.55. The molecule has 1 aromatic heterocycles. The van der Waals surface area contributed by atoms with E-state index in [1.54, 1.807) is 13.8 Å². The Labute approximate surface area is 150 Å². The van der Waals surface area contributed by atoms with Crippen molar-refractivity contribution in [3.05, 3.63) is 36.1 Å². The Bertz CT molecular complexity index is 874. The first kappa shape index (κ1) is 19.4. The fourth-order valence-corrected chi connectivity index (χ4v) is 2.98. The van der Waals surface area contributed by atoms with Crippen LogP contribution in [0.2, 0.25) is 0 Å². The predicted octanol–water partition coefficient (Wildman–Crippen LogP) is 2.07. The number of ether oxygens (including phenoxy) is 1. The van der Waals surface area contributed by atoms with Crippen LogP contribution in [0.3, 0.4) is 0 Å². The minimum absolute atomic E-state index is 0.00248. The van der Waals surface area contributed by atoms with Crippen LogP contribution in [0.5, 0.6) is 0 Å². The number of hydrogen-bond acceptors (Lipinski definition) is 7. The molecule has 2 rings (SSSR count). The lowest BCUT2D eigenvalue weighted by Crippen LogP contribution is -2.15. The highest BCUT2D eigenvalue weighted by Crippen LogP contribution is 2.18. The van der Waals surface area contributed by atoms with Crippen LogP contribution >= 0.6 is 0 Å². The SMILES string of the molecule is CCOC(=O)CCC(=O)Nc1ccc(S(=O)(=O)Nc2cc(C)on2)cc1. The molecule has 140 valence electrons. The minimum atomic E-state index is -3.82. The van der Waals surface area contributed by atoms with E-state index >= 15 is 0 Å². The van der Waals surface area contributed by atoms with Crippen molar-refractivity contribution in [3.8, 4) is 0 Å². The van der Waals surface area contributed by atoms with Gasteiger partial charge in [0.15, 0.2) is 5.82 Å². The number of nitrogens with one attached hydrogen (secondary N) is 2. The van der Waals surface area contributed by atoms with Gasteiger partial charge in [0.05, 0.1) is 17.9 Å². The maximum Gasteiger partial charge on any atom is 0.306 e. The van der Waals surface area contributed by atoms with Crippen LogP contribution in [0, 0.1) is 6.92 Å². The average Bonchev–Trinajstić information content (AvgIpc) is 2.98. The van der Waals surface area contributed by atoms with Gasteiger partial charge in [-0.2, -0.15) is 0 Å². The van der Waals surface area contributed by atoms with Gasteiger partial charge in [0.1, 0.15) is 5.76 Å². The lowest BCUT2D eigenvalue weighted by molar-refractivity contribution is -0.144. The third-order valence-electron chi connectivity index (χ3n) is 3.18. The Balaban J connectivity index is 1.94. The summed E-state index contributed by atoms with van der Waals surface area (Å²) in [7, 11) is -3.82. The molecule has 9 nitrogen and oxygen atoms in total. The zero-order valence-electron chi connectivity index (χ0n) is 14.3. The molecule has 0 radical (unpaired) electrons. The quantitative estimate of drug-likeness (QED) is 0.670. The van der Waals surface area contributed by atoms with Crippen molar-refractivity contribution in [2.45, 2.75) is 31.6 Å². The smallest absolute Gasteiger partial charge is 0.306 e. The molecule has 1 amide bonds. The highest BCUT2D eigenvalue weighted by atomic mass is 32.2. The number of carbonyl (C=O) groups excluding carboxylic acids is 2. The van der Waals surface area contributed by atoms with Crippen LogP contribution < -0.4 is 10.0 Å². The Hall–Kier alpha value is -2.88. The Kier molecular flexibility index (Phi) is 6.34. The average molecular weight is 381 g/mol. The molecule has 0 saturated carbocycles. The molecule has 0 spiro atoms. The van der Waals surface area contributed by atoms with Crippen LogP contribution in [-0.2, 0) is 24.3 Å². The Morgan fingerprint density at radius 2 is 1.88 bits per heavy atom. The molecule has 0 aliphatic heterocycles. The van der Waals surface area contributed by atoms with Crippen LogP contribution in [0.25, 0.3) is 0 Å². The fourth-order valence-electron chi connectivity index (χ4n) is 2.00. The normalized spacial score (nSPS) is 11.0. The van der Waals surface area contributed by atoms with Crippen molar-refractivity contribution in [3.63, 3.8) is 0 Å². The number of anilines is 2. The first-order valence-electron chi connectivity index (χ1n) is 7.82. The van der Waals surface area contributed by atoms with Gasteiger partial charge in [-0.25, -0.2) is 8.42 Å². The molecule has 0 aliphatic rings. The number of esters is 1. The summed E-state index contributed by atoms with van der Waals surface area (Å²) in [5.74, 6) is -0.259. The van der Waals surface area contributed by atoms with E-state index in [9.17, 15) is 18.0 Å². The van der Waals surface area contributed by atoms with E-state index < -0.39 is 16.0 Å². The predicted molar refractivity (Wildman–Crippen MR) is 93.0 cm³/mol. The van der Waals surface area contributed by atoms with E-state index in [1.165, 1.54) is 30.3 Å². The lowest BCUT2D eigenvalue weighted by atomic mass is 10.2. The zero-order valence-corrected chi connectivity index (χ0v) is 15.1. The highest BCUT2D eigenvalue weighted by molar-refractivity contribution is 7.92. The zero-order chi connectivity index (χ0) is 19.2. The van der Waals surface area contributed by atoms with Crippen LogP contribution in [-0.4, -0.2) is 32.1 Å². The fraction of sp³-hybridized carbons (Fsp3) is 0.312. The summed E-state index contributed by atoms with van der Waals surface area (Å²) in [6.45, 7) is 3.59. The summed E-state index contributed by atoms with van der Waals surface area (Å²) in [6.07, 6.45) is -0.0425. The van der Waals surface area contributed by atoms with Gasteiger partial charge in [-0.15, -0.1) is 0 Å².